The maximum atomic E-state index is 12.0. The summed E-state index contributed by atoms with van der Waals surface area (Å²) >= 11 is 1.60. The number of benzene rings is 2. The molecule has 0 aliphatic heterocycles. The summed E-state index contributed by atoms with van der Waals surface area (Å²) in [6, 6.07) is 14.0. The highest BCUT2D eigenvalue weighted by molar-refractivity contribution is 7.17. The van der Waals surface area contributed by atoms with Crippen LogP contribution in [0.1, 0.15) is 26.5 Å². The van der Waals surface area contributed by atoms with Gasteiger partial charge in [-0.2, -0.15) is 0 Å². The van der Waals surface area contributed by atoms with Crippen molar-refractivity contribution in [1.82, 2.24) is 9.38 Å². The molecule has 0 unspecified atom stereocenters. The van der Waals surface area contributed by atoms with E-state index < -0.39 is 0 Å². The third-order valence-corrected chi connectivity index (χ3v) is 5.90. The first-order chi connectivity index (χ1) is 13.0. The monoisotopic (exact) mass is 376 g/mol. The first kappa shape index (κ1) is 17.5. The molecule has 0 atom stereocenters. The molecule has 136 valence electrons. The van der Waals surface area contributed by atoms with Gasteiger partial charge in [0.05, 0.1) is 12.8 Å². The number of hydrogen-bond acceptors (Lipinski definition) is 4. The van der Waals surface area contributed by atoms with Crippen LogP contribution in [-0.4, -0.2) is 22.8 Å². The number of fused-ring (bicyclic) bond motifs is 1. The molecule has 0 saturated carbocycles. The number of ether oxygens (including phenoxy) is 1. The zero-order valence-electron chi connectivity index (χ0n) is 15.7. The Morgan fingerprint density at radius 2 is 1.70 bits per heavy atom. The second-order valence-corrected chi connectivity index (χ2v) is 7.80. The number of rotatable bonds is 4. The van der Waals surface area contributed by atoms with Crippen molar-refractivity contribution < 1.29 is 9.53 Å². The molecule has 0 aliphatic rings. The Morgan fingerprint density at radius 3 is 2.33 bits per heavy atom. The molecule has 4 nitrogen and oxygen atoms in total. The second kappa shape index (κ2) is 6.67. The van der Waals surface area contributed by atoms with Gasteiger partial charge in [0.15, 0.2) is 11.2 Å². The minimum absolute atomic E-state index is 0.577. The zero-order valence-corrected chi connectivity index (χ0v) is 16.6. The Bertz CT molecular complexity index is 1150. The summed E-state index contributed by atoms with van der Waals surface area (Å²) in [5.41, 5.74) is 6.79. The fraction of sp³-hybridized carbons (Fsp3) is 0.182. The fourth-order valence-electron chi connectivity index (χ4n) is 3.33. The molecule has 0 spiro atoms. The molecule has 0 aliphatic carbocycles. The molecule has 2 aromatic heterocycles. The smallest absolute Gasteiger partial charge is 0.195 e. The summed E-state index contributed by atoms with van der Waals surface area (Å²) in [7, 11) is 1.64. The van der Waals surface area contributed by atoms with Gasteiger partial charge in [0, 0.05) is 10.4 Å². The molecule has 0 amide bonds. The first-order valence-corrected chi connectivity index (χ1v) is 9.54. The van der Waals surface area contributed by atoms with Crippen LogP contribution >= 0.6 is 11.3 Å². The van der Waals surface area contributed by atoms with Crippen LogP contribution in [0.15, 0.2) is 42.5 Å². The van der Waals surface area contributed by atoms with Gasteiger partial charge >= 0.3 is 0 Å². The molecule has 0 bridgehead atoms. The number of aldehydes is 1. The lowest BCUT2D eigenvalue weighted by atomic mass is 10.0. The van der Waals surface area contributed by atoms with Gasteiger partial charge in [-0.15, -0.1) is 11.3 Å². The molecule has 2 aromatic carbocycles. The number of thiazole rings is 1. The summed E-state index contributed by atoms with van der Waals surface area (Å²) < 4.78 is 7.21. The standard InChI is InChI=1S/C22H20N2O2S/c1-13-5-6-17(11-14(13)2)21-15(3)27-22-23-20(19(12-25)24(21)22)16-7-9-18(26-4)10-8-16/h5-12H,1-4H3. The Hall–Kier alpha value is -2.92. The van der Waals surface area contributed by atoms with Crippen molar-refractivity contribution in [3.05, 3.63) is 64.2 Å². The van der Waals surface area contributed by atoms with Gasteiger partial charge in [-0.25, -0.2) is 4.98 Å². The van der Waals surface area contributed by atoms with Crippen molar-refractivity contribution >= 4 is 22.6 Å². The molecule has 4 aromatic rings. The molecule has 5 heteroatoms. The number of imidazole rings is 1. The van der Waals surface area contributed by atoms with Crippen LogP contribution in [0, 0.1) is 20.8 Å². The van der Waals surface area contributed by atoms with Crippen LogP contribution in [0.4, 0.5) is 0 Å². The Labute approximate surface area is 162 Å². The van der Waals surface area contributed by atoms with E-state index in [0.29, 0.717) is 11.4 Å². The Kier molecular flexibility index (Phi) is 4.32. The van der Waals surface area contributed by atoms with E-state index >= 15 is 0 Å². The van der Waals surface area contributed by atoms with Crippen LogP contribution in [0.3, 0.4) is 0 Å². The number of nitrogens with zero attached hydrogens (tertiary/aromatic N) is 2. The molecule has 0 radical (unpaired) electrons. The molecule has 0 N–H and O–H groups in total. The highest BCUT2D eigenvalue weighted by atomic mass is 32.1. The Morgan fingerprint density at radius 1 is 1.00 bits per heavy atom. The summed E-state index contributed by atoms with van der Waals surface area (Å²) in [4.78, 5) is 18.8. The van der Waals surface area contributed by atoms with E-state index in [1.165, 1.54) is 11.1 Å². The van der Waals surface area contributed by atoms with E-state index in [2.05, 4.69) is 39.0 Å². The number of methoxy groups -OCH3 is 1. The largest absolute Gasteiger partial charge is 0.497 e. The topological polar surface area (TPSA) is 43.6 Å². The van der Waals surface area contributed by atoms with Gasteiger partial charge in [-0.1, -0.05) is 12.1 Å². The van der Waals surface area contributed by atoms with Crippen LogP contribution in [-0.2, 0) is 0 Å². The van der Waals surface area contributed by atoms with Crippen molar-refractivity contribution in [3.8, 4) is 28.3 Å². The lowest BCUT2D eigenvalue weighted by Gasteiger charge is -2.08. The van der Waals surface area contributed by atoms with Crippen LogP contribution in [0.5, 0.6) is 5.75 Å². The lowest BCUT2D eigenvalue weighted by Crippen LogP contribution is -1.96. The molecule has 0 saturated heterocycles. The van der Waals surface area contributed by atoms with Gasteiger partial charge in [0.25, 0.3) is 0 Å². The third kappa shape index (κ3) is 2.84. The predicted octanol–water partition coefficient (Wildman–Crippen LogP) is 5.48. The Balaban J connectivity index is 1.95. The van der Waals surface area contributed by atoms with Crippen molar-refractivity contribution in [2.24, 2.45) is 0 Å². The van der Waals surface area contributed by atoms with Gasteiger partial charge < -0.3 is 4.74 Å². The molecular formula is C22H20N2O2S. The minimum Gasteiger partial charge on any atom is -0.497 e. The van der Waals surface area contributed by atoms with Crippen LogP contribution in [0.25, 0.3) is 27.5 Å². The summed E-state index contributed by atoms with van der Waals surface area (Å²) in [5, 5.41) is 0. The van der Waals surface area contributed by atoms with Gasteiger partial charge in [-0.3, -0.25) is 9.20 Å². The van der Waals surface area contributed by atoms with E-state index in [9.17, 15) is 4.79 Å². The van der Waals surface area contributed by atoms with Crippen molar-refractivity contribution in [2.45, 2.75) is 20.8 Å². The number of carbonyl (C=O) groups is 1. The SMILES string of the molecule is COc1ccc(-c2nc3sc(C)c(-c4ccc(C)c(C)c4)n3c2C=O)cc1. The molecular weight excluding hydrogens is 356 g/mol. The zero-order chi connectivity index (χ0) is 19.1. The first-order valence-electron chi connectivity index (χ1n) is 8.72. The van der Waals surface area contributed by atoms with E-state index in [1.807, 2.05) is 28.7 Å². The van der Waals surface area contributed by atoms with E-state index in [1.54, 1.807) is 18.4 Å². The normalized spacial score (nSPS) is 11.1. The third-order valence-electron chi connectivity index (χ3n) is 4.94. The highest BCUT2D eigenvalue weighted by Crippen LogP contribution is 2.36. The number of aromatic nitrogens is 2. The number of carbonyl (C=O) groups excluding carboxylic acids is 1. The van der Waals surface area contributed by atoms with Crippen LogP contribution in [0.2, 0.25) is 0 Å². The quantitative estimate of drug-likeness (QED) is 0.443. The fourth-order valence-corrected chi connectivity index (χ4v) is 4.33. The van der Waals surface area contributed by atoms with Crippen molar-refractivity contribution in [2.75, 3.05) is 7.11 Å². The van der Waals surface area contributed by atoms with E-state index in [-0.39, 0.29) is 0 Å². The average molecular weight is 376 g/mol. The molecule has 0 fully saturated rings. The minimum atomic E-state index is 0.577. The van der Waals surface area contributed by atoms with Gasteiger partial charge in [-0.05, 0) is 67.8 Å². The predicted molar refractivity (Wildman–Crippen MR) is 110 cm³/mol. The van der Waals surface area contributed by atoms with Gasteiger partial charge in [0.1, 0.15) is 17.1 Å². The summed E-state index contributed by atoms with van der Waals surface area (Å²) in [5.74, 6) is 0.777. The lowest BCUT2D eigenvalue weighted by molar-refractivity contribution is 0.111. The molecule has 2 heterocycles. The van der Waals surface area contributed by atoms with E-state index in [4.69, 9.17) is 9.72 Å². The second-order valence-electron chi connectivity index (χ2n) is 6.62. The van der Waals surface area contributed by atoms with Crippen molar-refractivity contribution in [1.29, 1.82) is 0 Å². The summed E-state index contributed by atoms with van der Waals surface area (Å²) in [6.07, 6.45) is 0.899. The van der Waals surface area contributed by atoms with E-state index in [0.717, 1.165) is 38.7 Å². The maximum absolute atomic E-state index is 12.0. The number of hydrogen-bond donors (Lipinski definition) is 0. The van der Waals surface area contributed by atoms with Crippen molar-refractivity contribution in [3.63, 3.8) is 0 Å². The highest BCUT2D eigenvalue weighted by Gasteiger charge is 2.21. The number of aryl methyl sites for hydroxylation is 3. The maximum Gasteiger partial charge on any atom is 0.195 e. The molecule has 4 rings (SSSR count). The van der Waals surface area contributed by atoms with Crippen LogP contribution < -0.4 is 4.74 Å². The molecule has 27 heavy (non-hydrogen) atoms. The average Bonchev–Trinajstić information content (AvgIpc) is 3.18. The summed E-state index contributed by atoms with van der Waals surface area (Å²) in [6.45, 7) is 6.28. The van der Waals surface area contributed by atoms with Gasteiger partial charge in [0.2, 0.25) is 0 Å².